The van der Waals surface area contributed by atoms with Gasteiger partial charge < -0.3 is 9.47 Å². The summed E-state index contributed by atoms with van der Waals surface area (Å²) < 4.78 is 9.73. The van der Waals surface area contributed by atoms with Crippen LogP contribution in [0.15, 0.2) is 11.6 Å². The van der Waals surface area contributed by atoms with Gasteiger partial charge in [0, 0.05) is 6.42 Å². The molecular formula is C9H14O3. The number of allylic oxidation sites excluding steroid dienone is 1. The van der Waals surface area contributed by atoms with Gasteiger partial charge in [0.1, 0.15) is 0 Å². The maximum Gasteiger partial charge on any atom is 0.306 e. The van der Waals surface area contributed by atoms with Gasteiger partial charge in [-0.15, -0.1) is 0 Å². The molecule has 1 saturated heterocycles. The minimum absolute atomic E-state index is 0.116. The van der Waals surface area contributed by atoms with Crippen LogP contribution < -0.4 is 0 Å². The first-order chi connectivity index (χ1) is 5.83. The first-order valence-electron chi connectivity index (χ1n) is 4.24. The zero-order chi connectivity index (χ0) is 8.81. The zero-order valence-corrected chi connectivity index (χ0v) is 7.34. The summed E-state index contributed by atoms with van der Waals surface area (Å²) in [6.07, 6.45) is 3.31. The highest BCUT2D eigenvalue weighted by Gasteiger charge is 2.07. The molecule has 3 nitrogen and oxygen atoms in total. The van der Waals surface area contributed by atoms with Gasteiger partial charge in [0.25, 0.3) is 0 Å². The molecule has 1 rings (SSSR count). The Morgan fingerprint density at radius 2 is 2.42 bits per heavy atom. The van der Waals surface area contributed by atoms with Crippen molar-refractivity contribution in [2.24, 2.45) is 0 Å². The van der Waals surface area contributed by atoms with Crippen LogP contribution in [0.3, 0.4) is 0 Å². The summed E-state index contributed by atoms with van der Waals surface area (Å²) in [6, 6.07) is 0. The SMILES string of the molecule is CCOC(=O)CCC=C1COC1. The van der Waals surface area contributed by atoms with Crippen LogP contribution in [0.5, 0.6) is 0 Å². The maximum atomic E-state index is 10.8. The van der Waals surface area contributed by atoms with Crippen LogP contribution >= 0.6 is 0 Å². The summed E-state index contributed by atoms with van der Waals surface area (Å²) in [6.45, 7) is 3.76. The molecule has 0 saturated carbocycles. The molecule has 0 atom stereocenters. The summed E-state index contributed by atoms with van der Waals surface area (Å²) in [7, 11) is 0. The Balaban J connectivity index is 2.04. The van der Waals surface area contributed by atoms with Gasteiger partial charge >= 0.3 is 5.97 Å². The molecule has 0 N–H and O–H groups in total. The Kier molecular flexibility index (Phi) is 3.80. The summed E-state index contributed by atoms with van der Waals surface area (Å²) in [4.78, 5) is 10.8. The van der Waals surface area contributed by atoms with E-state index >= 15 is 0 Å². The molecule has 0 amide bonds. The Bertz CT molecular complexity index is 178. The van der Waals surface area contributed by atoms with E-state index in [-0.39, 0.29) is 5.97 Å². The third-order valence-corrected chi connectivity index (χ3v) is 1.66. The van der Waals surface area contributed by atoms with Crippen LogP contribution in [0.1, 0.15) is 19.8 Å². The molecule has 0 bridgehead atoms. The van der Waals surface area contributed by atoms with Crippen LogP contribution in [-0.2, 0) is 14.3 Å². The second-order valence-electron chi connectivity index (χ2n) is 2.70. The van der Waals surface area contributed by atoms with E-state index in [4.69, 9.17) is 9.47 Å². The number of hydrogen-bond acceptors (Lipinski definition) is 3. The summed E-state index contributed by atoms with van der Waals surface area (Å²) in [5, 5.41) is 0. The standard InChI is InChI=1S/C9H14O3/c1-2-12-9(10)5-3-4-8-6-11-7-8/h4H,2-3,5-7H2,1H3. The molecule has 68 valence electrons. The van der Waals surface area contributed by atoms with Crippen molar-refractivity contribution in [1.29, 1.82) is 0 Å². The van der Waals surface area contributed by atoms with Gasteiger partial charge in [0.05, 0.1) is 19.8 Å². The molecular weight excluding hydrogens is 156 g/mol. The van der Waals surface area contributed by atoms with Crippen LogP contribution in [0.25, 0.3) is 0 Å². The number of hydrogen-bond donors (Lipinski definition) is 0. The van der Waals surface area contributed by atoms with Gasteiger partial charge in [-0.05, 0) is 18.9 Å². The van der Waals surface area contributed by atoms with E-state index in [2.05, 4.69) is 6.08 Å². The van der Waals surface area contributed by atoms with Gasteiger partial charge in [-0.3, -0.25) is 4.79 Å². The van der Waals surface area contributed by atoms with Gasteiger partial charge in [-0.25, -0.2) is 0 Å². The minimum atomic E-state index is -0.116. The maximum absolute atomic E-state index is 10.8. The van der Waals surface area contributed by atoms with Crippen molar-refractivity contribution in [3.8, 4) is 0 Å². The quantitative estimate of drug-likeness (QED) is 0.471. The van der Waals surface area contributed by atoms with Gasteiger partial charge in [-0.2, -0.15) is 0 Å². The topological polar surface area (TPSA) is 35.5 Å². The largest absolute Gasteiger partial charge is 0.466 e. The molecule has 3 heteroatoms. The van der Waals surface area contributed by atoms with Crippen molar-refractivity contribution >= 4 is 5.97 Å². The molecule has 1 fully saturated rings. The third kappa shape index (κ3) is 3.05. The second-order valence-corrected chi connectivity index (χ2v) is 2.70. The molecule has 1 aliphatic heterocycles. The monoisotopic (exact) mass is 170 g/mol. The van der Waals surface area contributed by atoms with Gasteiger partial charge in [0.2, 0.25) is 0 Å². The zero-order valence-electron chi connectivity index (χ0n) is 7.34. The second kappa shape index (κ2) is 4.93. The lowest BCUT2D eigenvalue weighted by atomic mass is 10.1. The summed E-state index contributed by atoms with van der Waals surface area (Å²) in [5.41, 5.74) is 1.29. The van der Waals surface area contributed by atoms with E-state index in [0.29, 0.717) is 13.0 Å². The Morgan fingerprint density at radius 1 is 1.67 bits per heavy atom. The van der Waals surface area contributed by atoms with Crippen LogP contribution in [0.2, 0.25) is 0 Å². The molecule has 0 spiro atoms. The predicted molar refractivity (Wildman–Crippen MR) is 44.8 cm³/mol. The van der Waals surface area contributed by atoms with E-state index in [1.807, 2.05) is 6.92 Å². The fourth-order valence-electron chi connectivity index (χ4n) is 0.965. The van der Waals surface area contributed by atoms with Crippen molar-refractivity contribution in [3.05, 3.63) is 11.6 Å². The van der Waals surface area contributed by atoms with E-state index in [0.717, 1.165) is 19.6 Å². The highest BCUT2D eigenvalue weighted by molar-refractivity contribution is 5.69. The summed E-state index contributed by atoms with van der Waals surface area (Å²) in [5.74, 6) is -0.116. The number of esters is 1. The number of carbonyl (C=O) groups excluding carboxylic acids is 1. The molecule has 0 aromatic rings. The lowest BCUT2D eigenvalue weighted by molar-refractivity contribution is -0.143. The van der Waals surface area contributed by atoms with Crippen LogP contribution in [0, 0.1) is 0 Å². The van der Waals surface area contributed by atoms with Gasteiger partial charge in [-0.1, -0.05) is 6.08 Å². The lowest BCUT2D eigenvalue weighted by Gasteiger charge is -2.16. The van der Waals surface area contributed by atoms with Gasteiger partial charge in [0.15, 0.2) is 0 Å². The van der Waals surface area contributed by atoms with E-state index in [1.54, 1.807) is 0 Å². The van der Waals surface area contributed by atoms with Crippen LogP contribution in [-0.4, -0.2) is 25.8 Å². The molecule has 0 aromatic heterocycles. The number of rotatable bonds is 4. The summed E-state index contributed by atoms with van der Waals surface area (Å²) >= 11 is 0. The average molecular weight is 170 g/mol. The van der Waals surface area contributed by atoms with Crippen molar-refractivity contribution in [2.45, 2.75) is 19.8 Å². The molecule has 1 heterocycles. The minimum Gasteiger partial charge on any atom is -0.466 e. The average Bonchev–Trinajstić information content (AvgIpc) is 1.95. The van der Waals surface area contributed by atoms with Crippen molar-refractivity contribution in [2.75, 3.05) is 19.8 Å². The normalized spacial score (nSPS) is 15.2. The molecule has 0 aliphatic carbocycles. The fraction of sp³-hybridized carbons (Fsp3) is 0.667. The predicted octanol–water partition coefficient (Wildman–Crippen LogP) is 1.29. The highest BCUT2D eigenvalue weighted by Crippen LogP contribution is 2.09. The molecule has 0 unspecified atom stereocenters. The van der Waals surface area contributed by atoms with Crippen LogP contribution in [0.4, 0.5) is 0 Å². The lowest BCUT2D eigenvalue weighted by Crippen LogP contribution is -2.16. The Labute approximate surface area is 72.4 Å². The molecule has 0 radical (unpaired) electrons. The smallest absolute Gasteiger partial charge is 0.306 e. The van der Waals surface area contributed by atoms with Crippen molar-refractivity contribution in [1.82, 2.24) is 0 Å². The first kappa shape index (κ1) is 9.26. The van der Waals surface area contributed by atoms with E-state index in [1.165, 1.54) is 5.57 Å². The fourth-order valence-corrected chi connectivity index (χ4v) is 0.965. The first-order valence-corrected chi connectivity index (χ1v) is 4.24. The molecule has 0 aromatic carbocycles. The Morgan fingerprint density at radius 3 is 2.92 bits per heavy atom. The van der Waals surface area contributed by atoms with E-state index in [9.17, 15) is 4.79 Å². The molecule has 12 heavy (non-hydrogen) atoms. The van der Waals surface area contributed by atoms with Crippen molar-refractivity contribution in [3.63, 3.8) is 0 Å². The Hall–Kier alpha value is -0.830. The van der Waals surface area contributed by atoms with Crippen molar-refractivity contribution < 1.29 is 14.3 Å². The number of ether oxygens (including phenoxy) is 2. The highest BCUT2D eigenvalue weighted by atomic mass is 16.5. The molecule has 1 aliphatic rings. The number of carbonyl (C=O) groups is 1. The van der Waals surface area contributed by atoms with E-state index < -0.39 is 0 Å². The third-order valence-electron chi connectivity index (χ3n) is 1.66.